The van der Waals surface area contributed by atoms with Gasteiger partial charge in [-0.25, -0.2) is 4.79 Å². The highest BCUT2D eigenvalue weighted by atomic mass is 127. The van der Waals surface area contributed by atoms with Crippen LogP contribution in [-0.2, 0) is 4.43 Å². The zero-order valence-corrected chi connectivity index (χ0v) is 12.0. The second-order valence-electron chi connectivity index (χ2n) is 3.26. The minimum atomic E-state index is -0.980. The quantitative estimate of drug-likeness (QED) is 0.633. The van der Waals surface area contributed by atoms with E-state index in [0.717, 1.165) is 5.56 Å². The highest BCUT2D eigenvalue weighted by molar-refractivity contribution is 14.1. The van der Waals surface area contributed by atoms with Crippen LogP contribution in [0.2, 0.25) is 0 Å². The summed E-state index contributed by atoms with van der Waals surface area (Å²) in [5, 5.41) is 9.02. The third-order valence-corrected chi connectivity index (χ3v) is 2.91. The molecule has 0 aliphatic heterocycles. The number of carbonyl (C=O) groups is 1. The van der Waals surface area contributed by atoms with E-state index in [1.54, 1.807) is 12.1 Å². The molecule has 0 unspecified atom stereocenters. The SMILES string of the molecule is CCOc1cc(C(=O)O)cc(OCC)c1CI. The molecule has 0 atom stereocenters. The zero-order valence-electron chi connectivity index (χ0n) is 9.83. The molecule has 1 aromatic rings. The Balaban J connectivity index is 3.28. The smallest absolute Gasteiger partial charge is 0.335 e. The van der Waals surface area contributed by atoms with Gasteiger partial charge < -0.3 is 14.6 Å². The van der Waals surface area contributed by atoms with Gasteiger partial charge in [0.05, 0.1) is 18.8 Å². The fourth-order valence-corrected chi connectivity index (χ4v) is 2.20. The van der Waals surface area contributed by atoms with Crippen LogP contribution < -0.4 is 9.47 Å². The number of alkyl halides is 1. The van der Waals surface area contributed by atoms with Crippen LogP contribution in [0.1, 0.15) is 29.8 Å². The van der Waals surface area contributed by atoms with Crippen LogP contribution >= 0.6 is 22.6 Å². The molecule has 0 amide bonds. The molecule has 0 saturated heterocycles. The largest absolute Gasteiger partial charge is 0.493 e. The van der Waals surface area contributed by atoms with Crippen LogP contribution in [0.25, 0.3) is 0 Å². The Bertz CT molecular complexity index is 376. The number of halogens is 1. The van der Waals surface area contributed by atoms with E-state index in [1.807, 2.05) is 13.8 Å². The average Bonchev–Trinajstić information content (AvgIpc) is 2.29. The van der Waals surface area contributed by atoms with Crippen LogP contribution in [0.15, 0.2) is 12.1 Å². The maximum Gasteiger partial charge on any atom is 0.335 e. The highest BCUT2D eigenvalue weighted by Gasteiger charge is 2.15. The Morgan fingerprint density at radius 3 is 2.00 bits per heavy atom. The van der Waals surface area contributed by atoms with E-state index < -0.39 is 5.97 Å². The first-order chi connectivity index (χ1) is 8.13. The Labute approximate surface area is 114 Å². The van der Waals surface area contributed by atoms with Crippen molar-refractivity contribution in [1.82, 2.24) is 0 Å². The van der Waals surface area contributed by atoms with Crippen LogP contribution in [0.3, 0.4) is 0 Å². The maximum atomic E-state index is 11.0. The van der Waals surface area contributed by atoms with Gasteiger partial charge in [-0.1, -0.05) is 22.6 Å². The summed E-state index contributed by atoms with van der Waals surface area (Å²) in [6, 6.07) is 3.09. The topological polar surface area (TPSA) is 55.8 Å². The summed E-state index contributed by atoms with van der Waals surface area (Å²) in [5.41, 5.74) is 1.09. The fraction of sp³-hybridized carbons (Fsp3) is 0.417. The first-order valence-corrected chi connectivity index (χ1v) is 6.88. The van der Waals surface area contributed by atoms with E-state index in [4.69, 9.17) is 14.6 Å². The van der Waals surface area contributed by atoms with Gasteiger partial charge in [0.25, 0.3) is 0 Å². The van der Waals surface area contributed by atoms with Gasteiger partial charge in [-0.15, -0.1) is 0 Å². The molecule has 5 heteroatoms. The summed E-state index contributed by atoms with van der Waals surface area (Å²) < 4.78 is 11.6. The molecule has 0 aromatic heterocycles. The second kappa shape index (κ2) is 6.68. The van der Waals surface area contributed by atoms with Gasteiger partial charge in [0.1, 0.15) is 11.5 Å². The molecule has 0 aliphatic rings. The standard InChI is InChI=1S/C12H15IO4/c1-3-16-10-5-8(12(14)15)6-11(17-4-2)9(10)7-13/h5-6H,3-4,7H2,1-2H3,(H,14,15). The van der Waals surface area contributed by atoms with Crippen molar-refractivity contribution < 1.29 is 19.4 Å². The molecule has 4 nitrogen and oxygen atoms in total. The summed E-state index contributed by atoms with van der Waals surface area (Å²) in [7, 11) is 0. The summed E-state index contributed by atoms with van der Waals surface area (Å²) in [5.74, 6) is 0.197. The third kappa shape index (κ3) is 3.49. The minimum absolute atomic E-state index is 0.186. The van der Waals surface area contributed by atoms with E-state index in [-0.39, 0.29) is 5.56 Å². The molecule has 0 fully saturated rings. The van der Waals surface area contributed by atoms with Gasteiger partial charge in [-0.05, 0) is 26.0 Å². The average molecular weight is 350 g/mol. The molecular formula is C12H15IO4. The molecule has 0 spiro atoms. The Morgan fingerprint density at radius 1 is 1.24 bits per heavy atom. The monoisotopic (exact) mass is 350 g/mol. The molecule has 1 aromatic carbocycles. The molecule has 94 valence electrons. The summed E-state index contributed by atoms with van der Waals surface area (Å²) in [4.78, 5) is 11.0. The normalized spacial score (nSPS) is 10.1. The number of benzene rings is 1. The van der Waals surface area contributed by atoms with Crippen molar-refractivity contribution >= 4 is 28.6 Å². The lowest BCUT2D eigenvalue weighted by Crippen LogP contribution is -2.04. The van der Waals surface area contributed by atoms with Crippen LogP contribution in [0.4, 0.5) is 0 Å². The molecule has 1 rings (SSSR count). The van der Waals surface area contributed by atoms with Crippen molar-refractivity contribution in [3.8, 4) is 11.5 Å². The highest BCUT2D eigenvalue weighted by Crippen LogP contribution is 2.33. The molecule has 1 N–H and O–H groups in total. The number of hydrogen-bond donors (Lipinski definition) is 1. The zero-order chi connectivity index (χ0) is 12.8. The number of rotatable bonds is 6. The van der Waals surface area contributed by atoms with Crippen molar-refractivity contribution in [2.45, 2.75) is 18.3 Å². The molecule has 0 bridgehead atoms. The summed E-state index contributed by atoms with van der Waals surface area (Å²) in [6.45, 7) is 4.73. The second-order valence-corrected chi connectivity index (χ2v) is 4.02. The van der Waals surface area contributed by atoms with Crippen molar-refractivity contribution in [2.75, 3.05) is 13.2 Å². The number of aromatic carboxylic acids is 1. The lowest BCUT2D eigenvalue weighted by Gasteiger charge is -2.14. The lowest BCUT2D eigenvalue weighted by atomic mass is 10.1. The van der Waals surface area contributed by atoms with Gasteiger partial charge in [-0.2, -0.15) is 0 Å². The van der Waals surface area contributed by atoms with E-state index in [2.05, 4.69) is 22.6 Å². The first kappa shape index (κ1) is 14.1. The fourth-order valence-electron chi connectivity index (χ4n) is 1.44. The van der Waals surface area contributed by atoms with E-state index in [9.17, 15) is 4.79 Å². The van der Waals surface area contributed by atoms with Crippen LogP contribution in [-0.4, -0.2) is 24.3 Å². The lowest BCUT2D eigenvalue weighted by molar-refractivity contribution is 0.0695. The van der Waals surface area contributed by atoms with Crippen molar-refractivity contribution in [2.24, 2.45) is 0 Å². The Kier molecular flexibility index (Phi) is 5.54. The first-order valence-electron chi connectivity index (χ1n) is 5.35. The minimum Gasteiger partial charge on any atom is -0.493 e. The van der Waals surface area contributed by atoms with Gasteiger partial charge >= 0.3 is 5.97 Å². The van der Waals surface area contributed by atoms with Crippen molar-refractivity contribution in [1.29, 1.82) is 0 Å². The maximum absolute atomic E-state index is 11.0. The van der Waals surface area contributed by atoms with E-state index in [0.29, 0.717) is 29.1 Å². The van der Waals surface area contributed by atoms with Gasteiger partial charge in [0, 0.05) is 9.99 Å². The van der Waals surface area contributed by atoms with Gasteiger partial charge in [-0.3, -0.25) is 0 Å². The third-order valence-electron chi connectivity index (χ3n) is 2.15. The Hall–Kier alpha value is -0.980. The Morgan fingerprint density at radius 2 is 1.71 bits per heavy atom. The molecule has 17 heavy (non-hydrogen) atoms. The van der Waals surface area contributed by atoms with Gasteiger partial charge in [0.2, 0.25) is 0 Å². The van der Waals surface area contributed by atoms with Crippen LogP contribution in [0, 0.1) is 0 Å². The predicted octanol–water partition coefficient (Wildman–Crippen LogP) is 3.12. The molecule has 0 heterocycles. The number of ether oxygens (including phenoxy) is 2. The number of hydrogen-bond acceptors (Lipinski definition) is 3. The van der Waals surface area contributed by atoms with Gasteiger partial charge in [0.15, 0.2) is 0 Å². The summed E-state index contributed by atoms with van der Waals surface area (Å²) in [6.07, 6.45) is 0. The molecule has 0 aliphatic carbocycles. The van der Waals surface area contributed by atoms with E-state index >= 15 is 0 Å². The summed E-state index contributed by atoms with van der Waals surface area (Å²) >= 11 is 2.21. The molecule has 0 radical (unpaired) electrons. The molecule has 0 saturated carbocycles. The van der Waals surface area contributed by atoms with E-state index in [1.165, 1.54) is 0 Å². The molecular weight excluding hydrogens is 335 g/mol. The van der Waals surface area contributed by atoms with Crippen LogP contribution in [0.5, 0.6) is 11.5 Å². The predicted molar refractivity (Wildman–Crippen MR) is 73.5 cm³/mol. The van der Waals surface area contributed by atoms with Crippen molar-refractivity contribution in [3.63, 3.8) is 0 Å². The van der Waals surface area contributed by atoms with Crippen molar-refractivity contribution in [3.05, 3.63) is 23.3 Å². The number of carboxylic acids is 1. The number of carboxylic acid groups (broad SMARTS) is 1.